The second-order valence-electron chi connectivity index (χ2n) is 5.39. The van der Waals surface area contributed by atoms with Crippen LogP contribution in [0.2, 0.25) is 0 Å². The molecule has 1 aromatic carbocycles. The standard InChI is InChI=1S/C16H22N2O4/c1-10-5-7-13(8-6-10)14(17-12(3)19)9-15(20)18(4)11(2)16(21)22/h5-8,11,14H,9H2,1-4H3,(H,17,19)(H,21,22). The number of carbonyl (C=O) groups is 3. The minimum absolute atomic E-state index is 0.0107. The minimum Gasteiger partial charge on any atom is -0.480 e. The van der Waals surface area contributed by atoms with Crippen LogP contribution in [0.15, 0.2) is 24.3 Å². The first-order valence-corrected chi connectivity index (χ1v) is 7.04. The van der Waals surface area contributed by atoms with Gasteiger partial charge < -0.3 is 15.3 Å². The quantitative estimate of drug-likeness (QED) is 0.833. The number of rotatable bonds is 6. The molecule has 6 nitrogen and oxygen atoms in total. The number of carboxylic acids is 1. The zero-order valence-electron chi connectivity index (χ0n) is 13.3. The van der Waals surface area contributed by atoms with E-state index in [4.69, 9.17) is 5.11 Å². The molecule has 0 saturated heterocycles. The SMILES string of the molecule is CC(=O)NC(CC(=O)N(C)C(C)C(=O)O)c1ccc(C)cc1. The van der Waals surface area contributed by atoms with Crippen molar-refractivity contribution in [1.82, 2.24) is 10.2 Å². The number of aliphatic carboxylic acids is 1. The van der Waals surface area contributed by atoms with E-state index in [1.54, 1.807) is 0 Å². The van der Waals surface area contributed by atoms with E-state index in [1.807, 2.05) is 31.2 Å². The zero-order valence-corrected chi connectivity index (χ0v) is 13.3. The van der Waals surface area contributed by atoms with E-state index < -0.39 is 18.1 Å². The first kappa shape index (κ1) is 17.7. The van der Waals surface area contributed by atoms with Crippen LogP contribution >= 0.6 is 0 Å². The molecule has 0 spiro atoms. The van der Waals surface area contributed by atoms with E-state index in [0.29, 0.717) is 0 Å². The lowest BCUT2D eigenvalue weighted by atomic mass is 10.0. The molecule has 22 heavy (non-hydrogen) atoms. The summed E-state index contributed by atoms with van der Waals surface area (Å²) >= 11 is 0. The second-order valence-corrected chi connectivity index (χ2v) is 5.39. The summed E-state index contributed by atoms with van der Waals surface area (Å²) in [4.78, 5) is 35.7. The third-order valence-electron chi connectivity index (χ3n) is 3.57. The lowest BCUT2D eigenvalue weighted by Crippen LogP contribution is -2.42. The van der Waals surface area contributed by atoms with E-state index >= 15 is 0 Å². The van der Waals surface area contributed by atoms with Crippen molar-refractivity contribution in [1.29, 1.82) is 0 Å². The van der Waals surface area contributed by atoms with Gasteiger partial charge in [0.25, 0.3) is 0 Å². The van der Waals surface area contributed by atoms with E-state index in [0.717, 1.165) is 11.1 Å². The number of hydrogen-bond acceptors (Lipinski definition) is 3. The summed E-state index contributed by atoms with van der Waals surface area (Å²) < 4.78 is 0. The van der Waals surface area contributed by atoms with Crippen LogP contribution in [-0.4, -0.2) is 40.9 Å². The van der Waals surface area contributed by atoms with Gasteiger partial charge in [0.15, 0.2) is 0 Å². The molecule has 0 bridgehead atoms. The summed E-state index contributed by atoms with van der Waals surface area (Å²) in [6, 6.07) is 6.11. The van der Waals surface area contributed by atoms with Crippen molar-refractivity contribution in [3.8, 4) is 0 Å². The van der Waals surface area contributed by atoms with Gasteiger partial charge in [-0.3, -0.25) is 9.59 Å². The van der Waals surface area contributed by atoms with Gasteiger partial charge in [0.2, 0.25) is 11.8 Å². The highest BCUT2D eigenvalue weighted by Crippen LogP contribution is 2.19. The maximum Gasteiger partial charge on any atom is 0.326 e. The summed E-state index contributed by atoms with van der Waals surface area (Å²) in [5, 5.41) is 11.7. The van der Waals surface area contributed by atoms with Crippen molar-refractivity contribution < 1.29 is 19.5 Å². The molecule has 0 heterocycles. The molecule has 2 amide bonds. The van der Waals surface area contributed by atoms with Crippen LogP contribution in [0, 0.1) is 6.92 Å². The highest BCUT2D eigenvalue weighted by Gasteiger charge is 2.25. The van der Waals surface area contributed by atoms with Gasteiger partial charge in [-0.05, 0) is 19.4 Å². The van der Waals surface area contributed by atoms with E-state index in [2.05, 4.69) is 5.32 Å². The summed E-state index contributed by atoms with van der Waals surface area (Å²) in [7, 11) is 1.45. The largest absolute Gasteiger partial charge is 0.480 e. The summed E-state index contributed by atoms with van der Waals surface area (Å²) in [5.41, 5.74) is 1.89. The Morgan fingerprint density at radius 1 is 1.23 bits per heavy atom. The van der Waals surface area contributed by atoms with E-state index in [-0.39, 0.29) is 18.2 Å². The highest BCUT2D eigenvalue weighted by molar-refractivity contribution is 5.84. The molecule has 0 saturated carbocycles. The third kappa shape index (κ3) is 4.87. The van der Waals surface area contributed by atoms with Gasteiger partial charge in [-0.15, -0.1) is 0 Å². The number of hydrogen-bond donors (Lipinski definition) is 2. The molecular weight excluding hydrogens is 284 g/mol. The maximum absolute atomic E-state index is 12.2. The lowest BCUT2D eigenvalue weighted by molar-refractivity contribution is -0.148. The number of aryl methyl sites for hydroxylation is 1. The molecule has 0 aliphatic heterocycles. The van der Waals surface area contributed by atoms with Crippen LogP contribution in [0.3, 0.4) is 0 Å². The van der Waals surface area contributed by atoms with Crippen LogP contribution in [0.4, 0.5) is 0 Å². The number of nitrogens with zero attached hydrogens (tertiary/aromatic N) is 1. The molecule has 1 rings (SSSR count). The molecule has 1 aromatic rings. The number of benzene rings is 1. The summed E-state index contributed by atoms with van der Waals surface area (Å²) in [5.74, 6) is -1.65. The molecule has 0 fully saturated rings. The number of likely N-dealkylation sites (N-methyl/N-ethyl adjacent to an activating group) is 1. The number of carboxylic acid groups (broad SMARTS) is 1. The van der Waals surface area contributed by atoms with Crippen LogP contribution in [0.25, 0.3) is 0 Å². The average molecular weight is 306 g/mol. The first-order valence-electron chi connectivity index (χ1n) is 7.04. The van der Waals surface area contributed by atoms with Gasteiger partial charge in [-0.1, -0.05) is 29.8 Å². The molecule has 0 aliphatic rings. The Labute approximate surface area is 130 Å². The smallest absolute Gasteiger partial charge is 0.326 e. The molecular formula is C16H22N2O4. The van der Waals surface area contributed by atoms with Crippen molar-refractivity contribution in [2.45, 2.75) is 39.3 Å². The zero-order chi connectivity index (χ0) is 16.9. The fraction of sp³-hybridized carbons (Fsp3) is 0.438. The molecule has 6 heteroatoms. The highest BCUT2D eigenvalue weighted by atomic mass is 16.4. The van der Waals surface area contributed by atoms with Crippen LogP contribution < -0.4 is 5.32 Å². The number of carbonyl (C=O) groups excluding carboxylic acids is 2. The Bertz CT molecular complexity index is 554. The number of amides is 2. The normalized spacial score (nSPS) is 13.1. The Hall–Kier alpha value is -2.37. The maximum atomic E-state index is 12.2. The second kappa shape index (κ2) is 7.59. The lowest BCUT2D eigenvalue weighted by Gasteiger charge is -2.25. The van der Waals surface area contributed by atoms with Crippen molar-refractivity contribution in [2.24, 2.45) is 0 Å². The Morgan fingerprint density at radius 3 is 2.23 bits per heavy atom. The summed E-state index contributed by atoms with van der Waals surface area (Å²) in [6.07, 6.45) is 0.0107. The van der Waals surface area contributed by atoms with Crippen molar-refractivity contribution in [2.75, 3.05) is 7.05 Å². The molecule has 2 atom stereocenters. The van der Waals surface area contributed by atoms with Crippen molar-refractivity contribution in [3.05, 3.63) is 35.4 Å². The predicted molar refractivity (Wildman–Crippen MR) is 82.2 cm³/mol. The van der Waals surface area contributed by atoms with Crippen molar-refractivity contribution >= 4 is 17.8 Å². The van der Waals surface area contributed by atoms with E-state index in [9.17, 15) is 14.4 Å². The van der Waals surface area contributed by atoms with Crippen molar-refractivity contribution in [3.63, 3.8) is 0 Å². The number of nitrogens with one attached hydrogen (secondary N) is 1. The Morgan fingerprint density at radius 2 is 1.77 bits per heavy atom. The van der Waals surface area contributed by atoms with Gasteiger partial charge in [0.1, 0.15) is 6.04 Å². The molecule has 2 N–H and O–H groups in total. The molecule has 120 valence electrons. The van der Waals surface area contributed by atoms with E-state index in [1.165, 1.54) is 25.8 Å². The van der Waals surface area contributed by atoms with Crippen LogP contribution in [0.1, 0.15) is 37.4 Å². The predicted octanol–water partition coefficient (Wildman–Crippen LogP) is 1.49. The summed E-state index contributed by atoms with van der Waals surface area (Å²) in [6.45, 7) is 4.78. The topological polar surface area (TPSA) is 86.7 Å². The van der Waals surface area contributed by atoms with Crippen LogP contribution in [-0.2, 0) is 14.4 Å². The fourth-order valence-electron chi connectivity index (χ4n) is 2.00. The molecule has 0 radical (unpaired) electrons. The molecule has 2 unspecified atom stereocenters. The monoisotopic (exact) mass is 306 g/mol. The van der Waals surface area contributed by atoms with Gasteiger partial charge in [0.05, 0.1) is 12.5 Å². The third-order valence-corrected chi connectivity index (χ3v) is 3.57. The first-order chi connectivity index (χ1) is 10.2. The minimum atomic E-state index is -1.07. The molecule has 0 aliphatic carbocycles. The van der Waals surface area contributed by atoms with Gasteiger partial charge in [0, 0.05) is 14.0 Å². The van der Waals surface area contributed by atoms with Gasteiger partial charge in [-0.25, -0.2) is 4.79 Å². The Kier molecular flexibility index (Phi) is 6.10. The fourth-order valence-corrected chi connectivity index (χ4v) is 2.00. The Balaban J connectivity index is 2.89. The van der Waals surface area contributed by atoms with Gasteiger partial charge >= 0.3 is 5.97 Å². The average Bonchev–Trinajstić information content (AvgIpc) is 2.45. The van der Waals surface area contributed by atoms with Gasteiger partial charge in [-0.2, -0.15) is 0 Å². The molecule has 0 aromatic heterocycles. The van der Waals surface area contributed by atoms with Crippen LogP contribution in [0.5, 0.6) is 0 Å².